The zero-order valence-electron chi connectivity index (χ0n) is 8.63. The van der Waals surface area contributed by atoms with Crippen LogP contribution in [-0.4, -0.2) is 23.6 Å². The highest BCUT2D eigenvalue weighted by molar-refractivity contribution is 5.36. The maximum absolute atomic E-state index is 12.0. The lowest BCUT2D eigenvalue weighted by Gasteiger charge is -2.13. The molecule has 0 aliphatic rings. The Labute approximate surface area is 89.6 Å². The minimum atomic E-state index is -4.80. The van der Waals surface area contributed by atoms with Crippen molar-refractivity contribution in [3.05, 3.63) is 17.2 Å². The van der Waals surface area contributed by atoms with Crippen LogP contribution in [0, 0.1) is 6.92 Å². The maximum Gasteiger partial charge on any atom is 0.574 e. The third kappa shape index (κ3) is 2.99. The largest absolute Gasteiger partial charge is 0.574 e. The number of methoxy groups -OCH3 is 1. The van der Waals surface area contributed by atoms with Gasteiger partial charge in [0.15, 0.2) is 0 Å². The second kappa shape index (κ2) is 4.56. The first-order chi connectivity index (χ1) is 7.37. The normalized spacial score (nSPS) is 11.4. The average molecular weight is 237 g/mol. The van der Waals surface area contributed by atoms with Crippen LogP contribution in [0.3, 0.4) is 0 Å². The van der Waals surface area contributed by atoms with Gasteiger partial charge in [0.25, 0.3) is 0 Å². The minimum Gasteiger partial charge on any atom is -0.481 e. The molecule has 0 saturated heterocycles. The second-order valence-electron chi connectivity index (χ2n) is 2.98. The molecular formula is C9H10F3NO3. The number of halogens is 3. The number of ether oxygens (including phenoxy) is 2. The van der Waals surface area contributed by atoms with Gasteiger partial charge in [0.05, 0.1) is 13.7 Å². The van der Waals surface area contributed by atoms with E-state index in [4.69, 9.17) is 9.84 Å². The molecule has 0 aliphatic heterocycles. The van der Waals surface area contributed by atoms with Crippen molar-refractivity contribution >= 4 is 0 Å². The molecule has 0 spiro atoms. The molecule has 7 heteroatoms. The summed E-state index contributed by atoms with van der Waals surface area (Å²) in [4.78, 5) is 3.52. The molecule has 0 atom stereocenters. The molecule has 4 nitrogen and oxygen atoms in total. The Morgan fingerprint density at radius 1 is 1.38 bits per heavy atom. The van der Waals surface area contributed by atoms with Crippen LogP contribution < -0.4 is 9.47 Å². The van der Waals surface area contributed by atoms with Crippen LogP contribution in [0.4, 0.5) is 13.2 Å². The molecule has 1 N–H and O–H groups in total. The molecule has 16 heavy (non-hydrogen) atoms. The molecule has 0 aliphatic carbocycles. The summed E-state index contributed by atoms with van der Waals surface area (Å²) in [5.74, 6) is -0.672. The third-order valence-corrected chi connectivity index (χ3v) is 1.78. The summed E-state index contributed by atoms with van der Waals surface area (Å²) >= 11 is 0. The van der Waals surface area contributed by atoms with Crippen LogP contribution in [0.2, 0.25) is 0 Å². The molecule has 1 rings (SSSR count). The standard InChI is InChI=1S/C9H10F3NO3/c1-5-3-6(4-14)8(15-2)13-7(5)16-9(10,11)12/h3,14H,4H2,1-2H3. The number of nitrogens with zero attached hydrogens (tertiary/aromatic N) is 1. The van der Waals surface area contributed by atoms with Crippen LogP contribution in [-0.2, 0) is 6.61 Å². The molecule has 0 bridgehead atoms. The SMILES string of the molecule is COc1nc(OC(F)(F)F)c(C)cc1CO. The molecule has 90 valence electrons. The first-order valence-corrected chi connectivity index (χ1v) is 4.28. The van der Waals surface area contributed by atoms with Crippen LogP contribution in [0.5, 0.6) is 11.8 Å². The fourth-order valence-electron chi connectivity index (χ4n) is 1.14. The van der Waals surface area contributed by atoms with Gasteiger partial charge in [-0.2, -0.15) is 4.98 Å². The number of rotatable bonds is 3. The van der Waals surface area contributed by atoms with Gasteiger partial charge in [-0.15, -0.1) is 13.2 Å². The van der Waals surface area contributed by atoms with Crippen molar-refractivity contribution in [2.45, 2.75) is 19.9 Å². The molecule has 1 aromatic heterocycles. The number of hydrogen-bond donors (Lipinski definition) is 1. The predicted octanol–water partition coefficient (Wildman–Crippen LogP) is 1.79. The molecule has 0 amide bonds. The first kappa shape index (κ1) is 12.6. The summed E-state index contributed by atoms with van der Waals surface area (Å²) in [6.45, 7) is 1.02. The molecule has 0 saturated carbocycles. The smallest absolute Gasteiger partial charge is 0.481 e. The topological polar surface area (TPSA) is 51.6 Å². The molecule has 0 unspecified atom stereocenters. The van der Waals surface area contributed by atoms with Gasteiger partial charge in [-0.1, -0.05) is 0 Å². The van der Waals surface area contributed by atoms with Crippen molar-refractivity contribution in [1.82, 2.24) is 4.98 Å². The molecular weight excluding hydrogens is 227 g/mol. The number of aryl methyl sites for hydroxylation is 1. The van der Waals surface area contributed by atoms with Gasteiger partial charge in [0.2, 0.25) is 11.8 Å². The van der Waals surface area contributed by atoms with Crippen molar-refractivity contribution in [3.8, 4) is 11.8 Å². The fourth-order valence-corrected chi connectivity index (χ4v) is 1.14. The number of hydrogen-bond acceptors (Lipinski definition) is 4. The van der Waals surface area contributed by atoms with Crippen molar-refractivity contribution in [3.63, 3.8) is 0 Å². The van der Waals surface area contributed by atoms with Crippen molar-refractivity contribution < 1.29 is 27.8 Å². The number of aliphatic hydroxyl groups is 1. The Balaban J connectivity index is 3.11. The summed E-state index contributed by atoms with van der Waals surface area (Å²) in [7, 11) is 1.24. The molecule has 0 fully saturated rings. The Bertz CT molecular complexity index is 379. The lowest BCUT2D eigenvalue weighted by molar-refractivity contribution is -0.276. The average Bonchev–Trinajstić information content (AvgIpc) is 2.18. The van der Waals surface area contributed by atoms with Gasteiger partial charge in [0, 0.05) is 11.1 Å². The first-order valence-electron chi connectivity index (χ1n) is 4.28. The van der Waals surface area contributed by atoms with Crippen molar-refractivity contribution in [1.29, 1.82) is 0 Å². The summed E-state index contributed by atoms with van der Waals surface area (Å²) in [5.41, 5.74) is 0.469. The van der Waals surface area contributed by atoms with E-state index in [9.17, 15) is 13.2 Å². The Morgan fingerprint density at radius 3 is 2.44 bits per heavy atom. The maximum atomic E-state index is 12.0. The Morgan fingerprint density at radius 2 is 2.00 bits per heavy atom. The van der Waals surface area contributed by atoms with E-state index in [1.165, 1.54) is 20.1 Å². The molecule has 1 aromatic rings. The highest BCUT2D eigenvalue weighted by Crippen LogP contribution is 2.28. The third-order valence-electron chi connectivity index (χ3n) is 1.78. The predicted molar refractivity (Wildman–Crippen MR) is 48.1 cm³/mol. The van der Waals surface area contributed by atoms with Crippen LogP contribution in [0.15, 0.2) is 6.07 Å². The lowest BCUT2D eigenvalue weighted by atomic mass is 10.2. The molecule has 0 aromatic carbocycles. The number of alkyl halides is 3. The van der Waals surface area contributed by atoms with E-state index < -0.39 is 12.2 Å². The van der Waals surface area contributed by atoms with E-state index in [0.717, 1.165) is 0 Å². The van der Waals surface area contributed by atoms with Gasteiger partial charge in [-0.05, 0) is 13.0 Å². The van der Waals surface area contributed by atoms with E-state index >= 15 is 0 Å². The Hall–Kier alpha value is -1.50. The van der Waals surface area contributed by atoms with E-state index in [0.29, 0.717) is 5.56 Å². The van der Waals surface area contributed by atoms with Gasteiger partial charge in [-0.25, -0.2) is 0 Å². The molecule has 1 heterocycles. The summed E-state index contributed by atoms with van der Waals surface area (Å²) in [6.07, 6.45) is -4.80. The molecule has 0 radical (unpaired) electrons. The quantitative estimate of drug-likeness (QED) is 0.870. The highest BCUT2D eigenvalue weighted by Gasteiger charge is 2.33. The van der Waals surface area contributed by atoms with Crippen LogP contribution >= 0.6 is 0 Å². The van der Waals surface area contributed by atoms with Crippen LogP contribution in [0.1, 0.15) is 11.1 Å². The van der Waals surface area contributed by atoms with Gasteiger partial charge in [-0.3, -0.25) is 0 Å². The van der Waals surface area contributed by atoms with Gasteiger partial charge in [0.1, 0.15) is 0 Å². The summed E-state index contributed by atoms with van der Waals surface area (Å²) in [5, 5.41) is 8.91. The van der Waals surface area contributed by atoms with Crippen LogP contribution in [0.25, 0.3) is 0 Å². The van der Waals surface area contributed by atoms with Gasteiger partial charge < -0.3 is 14.6 Å². The van der Waals surface area contributed by atoms with Crippen molar-refractivity contribution in [2.24, 2.45) is 0 Å². The van der Waals surface area contributed by atoms with Gasteiger partial charge >= 0.3 is 6.36 Å². The van der Waals surface area contributed by atoms with E-state index in [1.54, 1.807) is 0 Å². The summed E-state index contributed by atoms with van der Waals surface area (Å²) in [6, 6.07) is 1.33. The lowest BCUT2D eigenvalue weighted by Crippen LogP contribution is -2.19. The number of pyridine rings is 1. The number of aromatic nitrogens is 1. The monoisotopic (exact) mass is 237 g/mol. The fraction of sp³-hybridized carbons (Fsp3) is 0.444. The van der Waals surface area contributed by atoms with E-state index in [1.807, 2.05) is 0 Å². The zero-order chi connectivity index (χ0) is 12.3. The zero-order valence-corrected chi connectivity index (χ0v) is 8.63. The van der Waals surface area contributed by atoms with E-state index in [-0.39, 0.29) is 18.1 Å². The van der Waals surface area contributed by atoms with Crippen molar-refractivity contribution in [2.75, 3.05) is 7.11 Å². The minimum absolute atomic E-state index is 0.0904. The highest BCUT2D eigenvalue weighted by atomic mass is 19.4. The second-order valence-corrected chi connectivity index (χ2v) is 2.98. The van der Waals surface area contributed by atoms with E-state index in [2.05, 4.69) is 9.72 Å². The summed E-state index contributed by atoms with van der Waals surface area (Å²) < 4.78 is 44.4. The number of aliphatic hydroxyl groups excluding tert-OH is 1. The Kier molecular flexibility index (Phi) is 3.58.